The van der Waals surface area contributed by atoms with E-state index in [1.165, 1.54) is 13.2 Å². The fourth-order valence-corrected chi connectivity index (χ4v) is 1.50. The SMILES string of the molecule is COc1cc(C(N)c2ccco2)ccc1F. The molecule has 1 heterocycles. The van der Waals surface area contributed by atoms with Crippen LogP contribution < -0.4 is 10.5 Å². The van der Waals surface area contributed by atoms with Gasteiger partial charge in [-0.15, -0.1) is 0 Å². The van der Waals surface area contributed by atoms with Gasteiger partial charge in [-0.3, -0.25) is 0 Å². The molecule has 4 heteroatoms. The average Bonchev–Trinajstić information content (AvgIpc) is 2.82. The smallest absolute Gasteiger partial charge is 0.165 e. The average molecular weight is 221 g/mol. The number of rotatable bonds is 3. The van der Waals surface area contributed by atoms with E-state index in [4.69, 9.17) is 14.9 Å². The zero-order chi connectivity index (χ0) is 11.5. The molecule has 16 heavy (non-hydrogen) atoms. The van der Waals surface area contributed by atoms with Gasteiger partial charge in [0.25, 0.3) is 0 Å². The molecule has 0 aliphatic rings. The Morgan fingerprint density at radius 2 is 2.19 bits per heavy atom. The van der Waals surface area contributed by atoms with E-state index >= 15 is 0 Å². The second kappa shape index (κ2) is 4.37. The summed E-state index contributed by atoms with van der Waals surface area (Å²) >= 11 is 0. The van der Waals surface area contributed by atoms with Crippen LogP contribution in [0.4, 0.5) is 4.39 Å². The van der Waals surface area contributed by atoms with Gasteiger partial charge in [0.15, 0.2) is 11.6 Å². The van der Waals surface area contributed by atoms with Gasteiger partial charge in [0, 0.05) is 0 Å². The molecule has 2 N–H and O–H groups in total. The lowest BCUT2D eigenvalue weighted by molar-refractivity contribution is 0.385. The third-order valence-electron chi connectivity index (χ3n) is 2.38. The lowest BCUT2D eigenvalue weighted by Gasteiger charge is -2.11. The first-order valence-electron chi connectivity index (χ1n) is 4.85. The van der Waals surface area contributed by atoms with Gasteiger partial charge in [0.2, 0.25) is 0 Å². The first-order chi connectivity index (χ1) is 7.72. The molecule has 84 valence electrons. The third-order valence-corrected chi connectivity index (χ3v) is 2.38. The minimum Gasteiger partial charge on any atom is -0.494 e. The van der Waals surface area contributed by atoms with Crippen LogP contribution in [0.5, 0.6) is 5.75 Å². The Kier molecular flexibility index (Phi) is 2.92. The van der Waals surface area contributed by atoms with Crippen molar-refractivity contribution >= 4 is 0 Å². The van der Waals surface area contributed by atoms with Crippen LogP contribution in [0.3, 0.4) is 0 Å². The summed E-state index contributed by atoms with van der Waals surface area (Å²) in [5.74, 6) is 0.408. The van der Waals surface area contributed by atoms with Crippen molar-refractivity contribution in [3.05, 3.63) is 53.7 Å². The molecule has 0 saturated carbocycles. The molecule has 1 atom stereocenters. The van der Waals surface area contributed by atoms with E-state index in [2.05, 4.69) is 0 Å². The Balaban J connectivity index is 2.34. The zero-order valence-corrected chi connectivity index (χ0v) is 8.81. The number of hydrogen-bond donors (Lipinski definition) is 1. The Hall–Kier alpha value is -1.81. The fourth-order valence-electron chi connectivity index (χ4n) is 1.50. The van der Waals surface area contributed by atoms with Crippen LogP contribution in [0.2, 0.25) is 0 Å². The van der Waals surface area contributed by atoms with Crippen LogP contribution in [0, 0.1) is 5.82 Å². The van der Waals surface area contributed by atoms with Crippen molar-refractivity contribution in [2.45, 2.75) is 6.04 Å². The first kappa shape index (κ1) is 10.7. The van der Waals surface area contributed by atoms with E-state index in [9.17, 15) is 4.39 Å². The zero-order valence-electron chi connectivity index (χ0n) is 8.81. The van der Waals surface area contributed by atoms with Crippen molar-refractivity contribution in [3.63, 3.8) is 0 Å². The third kappa shape index (κ3) is 1.92. The minimum absolute atomic E-state index is 0.180. The normalized spacial score (nSPS) is 12.4. The van der Waals surface area contributed by atoms with Crippen LogP contribution in [-0.2, 0) is 0 Å². The number of methoxy groups -OCH3 is 1. The number of furan rings is 1. The monoisotopic (exact) mass is 221 g/mol. The molecule has 0 radical (unpaired) electrons. The van der Waals surface area contributed by atoms with Gasteiger partial charge in [0.05, 0.1) is 19.4 Å². The molecule has 1 aromatic heterocycles. The number of benzene rings is 1. The van der Waals surface area contributed by atoms with Crippen molar-refractivity contribution in [1.82, 2.24) is 0 Å². The summed E-state index contributed by atoms with van der Waals surface area (Å²) in [6.07, 6.45) is 1.55. The second-order valence-electron chi connectivity index (χ2n) is 3.39. The Morgan fingerprint density at radius 1 is 1.38 bits per heavy atom. The molecular formula is C12H12FNO2. The standard InChI is InChI=1S/C12H12FNO2/c1-15-11-7-8(4-5-9(11)13)12(14)10-3-2-6-16-10/h2-7,12H,14H2,1H3. The lowest BCUT2D eigenvalue weighted by Crippen LogP contribution is -2.11. The molecule has 1 aromatic carbocycles. The van der Waals surface area contributed by atoms with Crippen molar-refractivity contribution in [2.75, 3.05) is 7.11 Å². The Bertz CT molecular complexity index is 468. The van der Waals surface area contributed by atoms with Gasteiger partial charge in [-0.1, -0.05) is 6.07 Å². The van der Waals surface area contributed by atoms with Crippen LogP contribution >= 0.6 is 0 Å². The molecule has 0 aliphatic heterocycles. The van der Waals surface area contributed by atoms with Gasteiger partial charge >= 0.3 is 0 Å². The molecule has 2 aromatic rings. The van der Waals surface area contributed by atoms with E-state index in [0.717, 1.165) is 5.56 Å². The van der Waals surface area contributed by atoms with E-state index in [-0.39, 0.29) is 5.75 Å². The highest BCUT2D eigenvalue weighted by molar-refractivity contribution is 5.34. The van der Waals surface area contributed by atoms with Gasteiger partial charge in [-0.25, -0.2) is 4.39 Å². The number of nitrogens with two attached hydrogens (primary N) is 1. The summed E-state index contributed by atoms with van der Waals surface area (Å²) in [5.41, 5.74) is 6.71. The van der Waals surface area contributed by atoms with Gasteiger partial charge in [-0.05, 0) is 29.8 Å². The predicted molar refractivity (Wildman–Crippen MR) is 57.7 cm³/mol. The van der Waals surface area contributed by atoms with Gasteiger partial charge < -0.3 is 14.9 Å². The lowest BCUT2D eigenvalue weighted by atomic mass is 10.1. The molecule has 1 unspecified atom stereocenters. The van der Waals surface area contributed by atoms with Crippen LogP contribution in [-0.4, -0.2) is 7.11 Å². The highest BCUT2D eigenvalue weighted by atomic mass is 19.1. The Labute approximate surface area is 92.6 Å². The largest absolute Gasteiger partial charge is 0.494 e. The minimum atomic E-state index is -0.413. The molecule has 0 aliphatic carbocycles. The number of ether oxygens (including phenoxy) is 1. The fraction of sp³-hybridized carbons (Fsp3) is 0.167. The highest BCUT2D eigenvalue weighted by Crippen LogP contribution is 2.25. The molecule has 0 amide bonds. The molecular weight excluding hydrogens is 209 g/mol. The number of hydrogen-bond acceptors (Lipinski definition) is 3. The van der Waals surface area contributed by atoms with E-state index in [1.807, 2.05) is 0 Å². The maximum atomic E-state index is 13.2. The molecule has 0 fully saturated rings. The quantitative estimate of drug-likeness (QED) is 0.866. The molecule has 0 bridgehead atoms. The summed E-state index contributed by atoms with van der Waals surface area (Å²) in [4.78, 5) is 0. The highest BCUT2D eigenvalue weighted by Gasteiger charge is 2.13. The summed E-state index contributed by atoms with van der Waals surface area (Å²) in [6.45, 7) is 0. The summed E-state index contributed by atoms with van der Waals surface area (Å²) in [5, 5.41) is 0. The van der Waals surface area contributed by atoms with Gasteiger partial charge in [-0.2, -0.15) is 0 Å². The summed E-state index contributed by atoms with van der Waals surface area (Å²) in [7, 11) is 1.42. The van der Waals surface area contributed by atoms with Crippen molar-refractivity contribution in [2.24, 2.45) is 5.73 Å². The van der Waals surface area contributed by atoms with Gasteiger partial charge in [0.1, 0.15) is 5.76 Å². The van der Waals surface area contributed by atoms with Crippen molar-refractivity contribution < 1.29 is 13.5 Å². The van der Waals surface area contributed by atoms with Crippen molar-refractivity contribution in [3.8, 4) is 5.75 Å². The second-order valence-corrected chi connectivity index (χ2v) is 3.39. The topological polar surface area (TPSA) is 48.4 Å². The predicted octanol–water partition coefficient (Wildman–Crippen LogP) is 2.48. The molecule has 3 nitrogen and oxygen atoms in total. The maximum Gasteiger partial charge on any atom is 0.165 e. The van der Waals surface area contributed by atoms with Crippen molar-refractivity contribution in [1.29, 1.82) is 0 Å². The molecule has 2 rings (SSSR count). The van der Waals surface area contributed by atoms with E-state index < -0.39 is 11.9 Å². The summed E-state index contributed by atoms with van der Waals surface area (Å²) < 4.78 is 23.3. The maximum absolute atomic E-state index is 13.2. The number of halogens is 1. The van der Waals surface area contributed by atoms with Crippen LogP contribution in [0.1, 0.15) is 17.4 Å². The van der Waals surface area contributed by atoms with Crippen LogP contribution in [0.15, 0.2) is 41.0 Å². The van der Waals surface area contributed by atoms with Crippen LogP contribution in [0.25, 0.3) is 0 Å². The Morgan fingerprint density at radius 3 is 2.81 bits per heavy atom. The summed E-state index contributed by atoms with van der Waals surface area (Å²) in [6, 6.07) is 7.64. The molecule has 0 saturated heterocycles. The van der Waals surface area contributed by atoms with E-state index in [1.54, 1.807) is 30.5 Å². The first-order valence-corrected chi connectivity index (χ1v) is 4.85. The van der Waals surface area contributed by atoms with E-state index in [0.29, 0.717) is 5.76 Å². The molecule has 0 spiro atoms.